The van der Waals surface area contributed by atoms with Crippen LogP contribution in [-0.2, 0) is 16.1 Å². The maximum atomic E-state index is 13.0. The van der Waals surface area contributed by atoms with E-state index in [4.69, 9.17) is 27.9 Å². The highest BCUT2D eigenvalue weighted by atomic mass is 79.9. The van der Waals surface area contributed by atoms with Crippen LogP contribution in [-0.4, -0.2) is 35.4 Å². The smallest absolute Gasteiger partial charge is 0.261 e. The minimum Gasteiger partial charge on any atom is -0.482 e. The molecule has 1 N–H and O–H groups in total. The topological polar surface area (TPSA) is 58.6 Å². The molecule has 0 spiro atoms. The Morgan fingerprint density at radius 1 is 1.13 bits per heavy atom. The Labute approximate surface area is 195 Å². The number of hydrogen-bond donors (Lipinski definition) is 1. The maximum absolute atomic E-state index is 13.0. The molecule has 0 bridgehead atoms. The SMILES string of the molecule is CCC(C)NC(=O)C(C)N(Cc1ccc(Br)cc1)C(=O)COc1ccc(Cl)cc1Cl. The van der Waals surface area contributed by atoms with Gasteiger partial charge in [0.2, 0.25) is 5.91 Å². The van der Waals surface area contributed by atoms with Gasteiger partial charge in [-0.3, -0.25) is 9.59 Å². The first kappa shape index (κ1) is 24.5. The van der Waals surface area contributed by atoms with Crippen LogP contribution in [0.5, 0.6) is 5.75 Å². The fourth-order valence-electron chi connectivity index (χ4n) is 2.65. The van der Waals surface area contributed by atoms with Crippen molar-refractivity contribution in [2.75, 3.05) is 6.61 Å². The van der Waals surface area contributed by atoms with Gasteiger partial charge in [0.05, 0.1) is 5.02 Å². The molecular weight excluding hydrogens is 491 g/mol. The molecule has 0 fully saturated rings. The predicted octanol–water partition coefficient (Wildman–Crippen LogP) is 5.47. The number of carbonyl (C=O) groups excluding carboxylic acids is 2. The van der Waals surface area contributed by atoms with Crippen LogP contribution in [0.1, 0.15) is 32.8 Å². The molecule has 8 heteroatoms. The lowest BCUT2D eigenvalue weighted by atomic mass is 10.1. The summed E-state index contributed by atoms with van der Waals surface area (Å²) < 4.78 is 6.54. The van der Waals surface area contributed by atoms with Crippen LogP contribution in [0.3, 0.4) is 0 Å². The van der Waals surface area contributed by atoms with E-state index in [1.54, 1.807) is 25.1 Å². The van der Waals surface area contributed by atoms with Gasteiger partial charge in [0.1, 0.15) is 11.8 Å². The average Bonchev–Trinajstić information content (AvgIpc) is 2.71. The van der Waals surface area contributed by atoms with Gasteiger partial charge < -0.3 is 15.0 Å². The number of nitrogens with one attached hydrogen (secondary N) is 1. The standard InChI is InChI=1S/C22H25BrCl2N2O3/c1-4-14(2)26-22(29)15(3)27(12-16-5-7-17(23)8-6-16)21(28)13-30-20-10-9-18(24)11-19(20)25/h5-11,14-15H,4,12-13H2,1-3H3,(H,26,29). The minimum atomic E-state index is -0.667. The van der Waals surface area contributed by atoms with Gasteiger partial charge in [-0.05, 0) is 56.2 Å². The Hall–Kier alpha value is -1.76. The fourth-order valence-corrected chi connectivity index (χ4v) is 3.38. The van der Waals surface area contributed by atoms with Crippen molar-refractivity contribution in [2.45, 2.75) is 45.8 Å². The lowest BCUT2D eigenvalue weighted by molar-refractivity contribution is -0.142. The number of rotatable bonds is 9. The van der Waals surface area contributed by atoms with Crippen molar-refractivity contribution in [3.05, 3.63) is 62.5 Å². The van der Waals surface area contributed by atoms with Crippen LogP contribution in [0, 0.1) is 0 Å². The number of halogens is 3. The highest BCUT2D eigenvalue weighted by Gasteiger charge is 2.27. The third kappa shape index (κ3) is 7.18. The molecule has 5 nitrogen and oxygen atoms in total. The number of ether oxygens (including phenoxy) is 1. The van der Waals surface area contributed by atoms with Crippen molar-refractivity contribution in [3.63, 3.8) is 0 Å². The monoisotopic (exact) mass is 514 g/mol. The first-order chi connectivity index (χ1) is 14.2. The molecule has 2 unspecified atom stereocenters. The van der Waals surface area contributed by atoms with Crippen LogP contribution in [0.15, 0.2) is 46.9 Å². The number of hydrogen-bond acceptors (Lipinski definition) is 3. The van der Waals surface area contributed by atoms with E-state index in [2.05, 4.69) is 21.2 Å². The zero-order valence-corrected chi connectivity index (χ0v) is 20.2. The molecule has 0 radical (unpaired) electrons. The summed E-state index contributed by atoms with van der Waals surface area (Å²) in [4.78, 5) is 27.2. The van der Waals surface area contributed by atoms with E-state index in [1.807, 2.05) is 38.1 Å². The number of benzene rings is 2. The van der Waals surface area contributed by atoms with E-state index in [-0.39, 0.29) is 31.0 Å². The highest BCUT2D eigenvalue weighted by molar-refractivity contribution is 9.10. The van der Waals surface area contributed by atoms with Crippen LogP contribution < -0.4 is 10.1 Å². The quantitative estimate of drug-likeness (QED) is 0.482. The van der Waals surface area contributed by atoms with Crippen molar-refractivity contribution in [1.29, 1.82) is 0 Å². The highest BCUT2D eigenvalue weighted by Crippen LogP contribution is 2.27. The fraction of sp³-hybridized carbons (Fsp3) is 0.364. The van der Waals surface area contributed by atoms with Crippen LogP contribution >= 0.6 is 39.1 Å². The van der Waals surface area contributed by atoms with Gasteiger partial charge in [-0.15, -0.1) is 0 Å². The summed E-state index contributed by atoms with van der Waals surface area (Å²) in [6.45, 7) is 5.66. The van der Waals surface area contributed by atoms with Crippen LogP contribution in [0.2, 0.25) is 10.0 Å². The molecule has 0 aliphatic heterocycles. The second kappa shape index (κ2) is 11.6. The molecule has 2 aromatic rings. The second-order valence-corrected chi connectivity index (χ2v) is 8.76. The number of amides is 2. The van der Waals surface area contributed by atoms with Gasteiger partial charge in [-0.1, -0.05) is 58.2 Å². The molecule has 2 atom stereocenters. The Morgan fingerprint density at radius 2 is 1.80 bits per heavy atom. The normalized spacial score (nSPS) is 12.7. The largest absolute Gasteiger partial charge is 0.482 e. The minimum absolute atomic E-state index is 0.0220. The summed E-state index contributed by atoms with van der Waals surface area (Å²) in [7, 11) is 0. The summed E-state index contributed by atoms with van der Waals surface area (Å²) in [5.74, 6) is -0.176. The lowest BCUT2D eigenvalue weighted by Crippen LogP contribution is -2.50. The summed E-state index contributed by atoms with van der Waals surface area (Å²) in [6, 6.07) is 11.7. The second-order valence-electron chi connectivity index (χ2n) is 7.01. The van der Waals surface area contributed by atoms with E-state index < -0.39 is 6.04 Å². The van der Waals surface area contributed by atoms with Crippen LogP contribution in [0.4, 0.5) is 0 Å². The number of nitrogens with zero attached hydrogens (tertiary/aromatic N) is 1. The zero-order chi connectivity index (χ0) is 22.3. The van der Waals surface area contributed by atoms with E-state index in [1.165, 1.54) is 4.90 Å². The van der Waals surface area contributed by atoms with Crippen molar-refractivity contribution in [2.24, 2.45) is 0 Å². The Bertz CT molecular complexity index is 877. The summed E-state index contributed by atoms with van der Waals surface area (Å²) in [6.07, 6.45) is 0.803. The van der Waals surface area contributed by atoms with E-state index in [0.29, 0.717) is 15.8 Å². The molecule has 2 amide bonds. The summed E-state index contributed by atoms with van der Waals surface area (Å²) in [5.41, 5.74) is 0.902. The van der Waals surface area contributed by atoms with Gasteiger partial charge in [-0.25, -0.2) is 0 Å². The molecule has 162 valence electrons. The van der Waals surface area contributed by atoms with Crippen molar-refractivity contribution in [3.8, 4) is 5.75 Å². The Kier molecular flexibility index (Phi) is 9.46. The molecule has 30 heavy (non-hydrogen) atoms. The van der Waals surface area contributed by atoms with E-state index in [9.17, 15) is 9.59 Å². The summed E-state index contributed by atoms with van der Waals surface area (Å²) >= 11 is 15.4. The van der Waals surface area contributed by atoms with Crippen LogP contribution in [0.25, 0.3) is 0 Å². The van der Waals surface area contributed by atoms with E-state index in [0.717, 1.165) is 16.5 Å². The molecule has 0 heterocycles. The number of carbonyl (C=O) groups is 2. The van der Waals surface area contributed by atoms with Crippen molar-refractivity contribution >= 4 is 50.9 Å². The molecule has 0 aliphatic carbocycles. The molecular formula is C22H25BrCl2N2O3. The van der Waals surface area contributed by atoms with Gasteiger partial charge in [0.25, 0.3) is 5.91 Å². The average molecular weight is 516 g/mol. The zero-order valence-electron chi connectivity index (χ0n) is 17.1. The Morgan fingerprint density at radius 3 is 2.40 bits per heavy atom. The van der Waals surface area contributed by atoms with Crippen molar-refractivity contribution < 1.29 is 14.3 Å². The third-order valence-electron chi connectivity index (χ3n) is 4.68. The molecule has 2 aromatic carbocycles. The van der Waals surface area contributed by atoms with Gasteiger partial charge in [-0.2, -0.15) is 0 Å². The first-order valence-corrected chi connectivity index (χ1v) is 11.2. The molecule has 0 saturated heterocycles. The molecule has 0 saturated carbocycles. The van der Waals surface area contributed by atoms with E-state index >= 15 is 0 Å². The predicted molar refractivity (Wildman–Crippen MR) is 124 cm³/mol. The van der Waals surface area contributed by atoms with Crippen molar-refractivity contribution in [1.82, 2.24) is 10.2 Å². The molecule has 2 rings (SSSR count). The Balaban J connectivity index is 2.16. The first-order valence-electron chi connectivity index (χ1n) is 9.63. The lowest BCUT2D eigenvalue weighted by Gasteiger charge is -2.29. The van der Waals surface area contributed by atoms with Gasteiger partial charge >= 0.3 is 0 Å². The maximum Gasteiger partial charge on any atom is 0.261 e. The van der Waals surface area contributed by atoms with Gasteiger partial charge in [0, 0.05) is 22.1 Å². The molecule has 0 aliphatic rings. The summed E-state index contributed by atoms with van der Waals surface area (Å²) in [5, 5.41) is 3.73. The van der Waals surface area contributed by atoms with Gasteiger partial charge in [0.15, 0.2) is 6.61 Å². The third-order valence-corrected chi connectivity index (χ3v) is 5.74. The molecule has 0 aromatic heterocycles.